The smallest absolute Gasteiger partial charge is 0.322 e. The molecule has 1 aliphatic heterocycles. The third-order valence-electron chi connectivity index (χ3n) is 5.53. The van der Waals surface area contributed by atoms with Gasteiger partial charge in [0.2, 0.25) is 0 Å². The molecule has 10 heteroatoms. The van der Waals surface area contributed by atoms with Crippen molar-refractivity contribution in [3.05, 3.63) is 82.8 Å². The second kappa shape index (κ2) is 9.06. The van der Waals surface area contributed by atoms with E-state index in [0.29, 0.717) is 54.6 Å². The predicted octanol–water partition coefficient (Wildman–Crippen LogP) is 3.35. The number of nitrogens with zero attached hydrogens (tertiary/aromatic N) is 5. The Morgan fingerprint density at radius 2 is 1.59 bits per heavy atom. The summed E-state index contributed by atoms with van der Waals surface area (Å²) < 4.78 is 39.7. The van der Waals surface area contributed by atoms with Gasteiger partial charge < -0.3 is 9.47 Å². The molecule has 0 unspecified atom stereocenters. The van der Waals surface area contributed by atoms with E-state index >= 15 is 0 Å². The quantitative estimate of drug-likeness (QED) is 0.450. The maximum Gasteiger partial charge on any atom is 0.322 e. The number of aromatic nitrogens is 4. The van der Waals surface area contributed by atoms with E-state index in [2.05, 4.69) is 9.97 Å². The van der Waals surface area contributed by atoms with Crippen LogP contribution >= 0.6 is 0 Å². The second-order valence-electron chi connectivity index (χ2n) is 7.70. The molecule has 8 nitrogen and oxygen atoms in total. The van der Waals surface area contributed by atoms with Gasteiger partial charge in [0, 0.05) is 13.2 Å². The van der Waals surface area contributed by atoms with Crippen molar-refractivity contribution in [2.24, 2.45) is 7.05 Å². The van der Waals surface area contributed by atoms with Crippen LogP contribution in [0.15, 0.2) is 65.6 Å². The van der Waals surface area contributed by atoms with Crippen LogP contribution in [0.25, 0.3) is 22.5 Å². The van der Waals surface area contributed by atoms with E-state index in [0.717, 1.165) is 0 Å². The summed E-state index contributed by atoms with van der Waals surface area (Å²) in [6.07, 6.45) is 1.52. The molecule has 3 heterocycles. The first-order chi connectivity index (χ1) is 16.5. The lowest BCUT2D eigenvalue weighted by Gasteiger charge is -2.30. The minimum absolute atomic E-state index is 0.0423. The van der Waals surface area contributed by atoms with Crippen molar-refractivity contribution >= 4 is 0 Å². The molecule has 0 atom stereocenters. The molecule has 2 aromatic heterocycles. The van der Waals surface area contributed by atoms with Crippen molar-refractivity contribution in [2.45, 2.75) is 0 Å². The Balaban J connectivity index is 1.63. The normalized spacial score (nSPS) is 13.8. The van der Waals surface area contributed by atoms with Gasteiger partial charge in [0.15, 0.2) is 0 Å². The van der Waals surface area contributed by atoms with Gasteiger partial charge in [0.05, 0.1) is 43.3 Å². The molecule has 174 valence electrons. The Labute approximate surface area is 193 Å². The molecule has 4 aromatic rings. The van der Waals surface area contributed by atoms with E-state index < -0.39 is 5.82 Å². The molecule has 1 aliphatic rings. The van der Waals surface area contributed by atoms with E-state index in [1.54, 1.807) is 34.7 Å². The van der Waals surface area contributed by atoms with Crippen molar-refractivity contribution in [3.63, 3.8) is 0 Å². The number of morpholine rings is 1. The zero-order chi connectivity index (χ0) is 23.7. The van der Waals surface area contributed by atoms with Crippen LogP contribution in [0, 0.1) is 11.6 Å². The Kier molecular flexibility index (Phi) is 5.81. The largest absolute Gasteiger partial charge is 0.424 e. The molecule has 0 N–H and O–H groups in total. The van der Waals surface area contributed by atoms with Crippen LogP contribution in [0.1, 0.15) is 0 Å². The molecule has 1 fully saturated rings. The van der Waals surface area contributed by atoms with E-state index in [1.807, 2.05) is 5.01 Å². The molecule has 2 aromatic carbocycles. The summed E-state index contributed by atoms with van der Waals surface area (Å²) >= 11 is 0. The molecule has 5 rings (SSSR count). The van der Waals surface area contributed by atoms with Gasteiger partial charge in [-0.25, -0.2) is 13.8 Å². The number of hydrogen-bond donors (Lipinski definition) is 0. The van der Waals surface area contributed by atoms with E-state index in [9.17, 15) is 13.6 Å². The first-order valence-corrected chi connectivity index (χ1v) is 10.7. The lowest BCUT2D eigenvalue weighted by atomic mass is 10.0. The zero-order valence-corrected chi connectivity index (χ0v) is 18.3. The summed E-state index contributed by atoms with van der Waals surface area (Å²) in [5.41, 5.74) is 1.64. The highest BCUT2D eigenvalue weighted by atomic mass is 19.1. The van der Waals surface area contributed by atoms with Gasteiger partial charge in [-0.15, -0.1) is 0 Å². The van der Waals surface area contributed by atoms with Crippen LogP contribution in [0.2, 0.25) is 0 Å². The van der Waals surface area contributed by atoms with Gasteiger partial charge >= 0.3 is 6.01 Å². The van der Waals surface area contributed by atoms with Crippen molar-refractivity contribution in [1.82, 2.24) is 19.4 Å². The standard InChI is InChI=1S/C24H21F2N5O3/c1-29-22(20-10-11-27-24(28-20)34-19-8-6-18(26)7-9-19)21(16-2-4-17(25)5-3-16)23(32)31(29)30-12-14-33-15-13-30/h2-11H,12-15H2,1H3. The number of hydrogen-bond acceptors (Lipinski definition) is 6. The molecule has 0 saturated carbocycles. The van der Waals surface area contributed by atoms with Crippen LogP contribution in [0.3, 0.4) is 0 Å². The average molecular weight is 465 g/mol. The fourth-order valence-corrected chi connectivity index (χ4v) is 3.96. The van der Waals surface area contributed by atoms with Crippen LogP contribution in [0.4, 0.5) is 8.78 Å². The van der Waals surface area contributed by atoms with Crippen LogP contribution in [-0.4, -0.2) is 45.7 Å². The highest BCUT2D eigenvalue weighted by Crippen LogP contribution is 2.30. The topological polar surface area (TPSA) is 74.4 Å². The molecule has 1 saturated heterocycles. The number of halogens is 2. The molecular formula is C24H21F2N5O3. The minimum atomic E-state index is -0.397. The molecule has 34 heavy (non-hydrogen) atoms. The lowest BCUT2D eigenvalue weighted by Crippen LogP contribution is -2.50. The minimum Gasteiger partial charge on any atom is -0.424 e. The van der Waals surface area contributed by atoms with Crippen LogP contribution in [-0.2, 0) is 11.8 Å². The molecule has 0 spiro atoms. The monoisotopic (exact) mass is 465 g/mol. The second-order valence-corrected chi connectivity index (χ2v) is 7.70. The number of benzene rings is 2. The first kappa shape index (κ1) is 21.8. The Bertz CT molecular complexity index is 1360. The predicted molar refractivity (Wildman–Crippen MR) is 121 cm³/mol. The third kappa shape index (κ3) is 4.15. The highest BCUT2D eigenvalue weighted by Gasteiger charge is 2.26. The SMILES string of the molecule is Cn1c(-c2ccnc(Oc3ccc(F)cc3)n2)c(-c2ccc(F)cc2)c(=O)n1N1CCOCC1. The van der Waals surface area contributed by atoms with Gasteiger partial charge in [-0.05, 0) is 48.0 Å². The van der Waals surface area contributed by atoms with Gasteiger partial charge in [0.1, 0.15) is 17.4 Å². The van der Waals surface area contributed by atoms with Crippen molar-refractivity contribution < 1.29 is 18.3 Å². The summed E-state index contributed by atoms with van der Waals surface area (Å²) in [5.74, 6) is -0.408. The first-order valence-electron chi connectivity index (χ1n) is 10.7. The zero-order valence-electron chi connectivity index (χ0n) is 18.3. The molecule has 0 aliphatic carbocycles. The van der Waals surface area contributed by atoms with Gasteiger partial charge in [-0.3, -0.25) is 14.5 Å². The van der Waals surface area contributed by atoms with E-state index in [4.69, 9.17) is 9.47 Å². The van der Waals surface area contributed by atoms with E-state index in [-0.39, 0.29) is 17.4 Å². The fraction of sp³-hybridized carbons (Fsp3) is 0.208. The molecule has 0 amide bonds. The number of ether oxygens (including phenoxy) is 2. The summed E-state index contributed by atoms with van der Waals surface area (Å²) in [4.78, 5) is 23.8. The fourth-order valence-electron chi connectivity index (χ4n) is 3.96. The Morgan fingerprint density at radius 1 is 0.941 bits per heavy atom. The molecule has 0 radical (unpaired) electrons. The summed E-state index contributed by atoms with van der Waals surface area (Å²) in [5, 5.41) is 1.90. The third-order valence-corrected chi connectivity index (χ3v) is 5.53. The van der Waals surface area contributed by atoms with Crippen molar-refractivity contribution in [3.8, 4) is 34.3 Å². The Hall–Kier alpha value is -4.05. The van der Waals surface area contributed by atoms with Crippen LogP contribution in [0.5, 0.6) is 11.8 Å². The van der Waals surface area contributed by atoms with Crippen LogP contribution < -0.4 is 15.3 Å². The van der Waals surface area contributed by atoms with Gasteiger partial charge in [-0.2, -0.15) is 9.77 Å². The Morgan fingerprint density at radius 3 is 2.26 bits per heavy atom. The average Bonchev–Trinajstić information content (AvgIpc) is 3.11. The highest BCUT2D eigenvalue weighted by molar-refractivity contribution is 5.79. The molecule has 0 bridgehead atoms. The molecular weight excluding hydrogens is 444 g/mol. The number of rotatable bonds is 5. The van der Waals surface area contributed by atoms with Gasteiger partial charge in [-0.1, -0.05) is 12.1 Å². The summed E-state index contributed by atoms with van der Waals surface area (Å²) in [6.45, 7) is 2.09. The lowest BCUT2D eigenvalue weighted by molar-refractivity contribution is 0.106. The van der Waals surface area contributed by atoms with Crippen molar-refractivity contribution in [2.75, 3.05) is 31.3 Å². The maximum absolute atomic E-state index is 13.6. The van der Waals surface area contributed by atoms with Gasteiger partial charge in [0.25, 0.3) is 5.56 Å². The summed E-state index contributed by atoms with van der Waals surface area (Å²) in [6, 6.07) is 13.0. The maximum atomic E-state index is 13.6. The van der Waals surface area contributed by atoms with E-state index in [1.165, 1.54) is 42.6 Å². The van der Waals surface area contributed by atoms with Crippen molar-refractivity contribution in [1.29, 1.82) is 0 Å². The summed E-state index contributed by atoms with van der Waals surface area (Å²) in [7, 11) is 1.77.